The maximum absolute atomic E-state index is 12.7. The zero-order valence-electron chi connectivity index (χ0n) is 13.7. The third-order valence-corrected chi connectivity index (χ3v) is 4.03. The van der Waals surface area contributed by atoms with Crippen molar-refractivity contribution in [2.75, 3.05) is 6.54 Å². The molecule has 1 unspecified atom stereocenters. The maximum atomic E-state index is 12.7. The van der Waals surface area contributed by atoms with Crippen molar-refractivity contribution in [3.8, 4) is 0 Å². The van der Waals surface area contributed by atoms with E-state index in [1.165, 1.54) is 6.26 Å². The Kier molecular flexibility index (Phi) is 5.70. The van der Waals surface area contributed by atoms with Crippen LogP contribution in [0.4, 0.5) is 0 Å². The van der Waals surface area contributed by atoms with Gasteiger partial charge >= 0.3 is 0 Å². The number of nitrogens with two attached hydrogens (primary N) is 1. The molecule has 1 aromatic carbocycles. The quantitative estimate of drug-likeness (QED) is 0.752. The molecule has 0 bridgehead atoms. The minimum Gasteiger partial charge on any atom is -0.467 e. The highest BCUT2D eigenvalue weighted by Gasteiger charge is 2.25. The van der Waals surface area contributed by atoms with E-state index in [1.807, 2.05) is 44.2 Å². The Hall–Kier alpha value is -2.24. The molecular weight excluding hydrogens is 328 g/mol. The van der Waals surface area contributed by atoms with Crippen molar-refractivity contribution in [1.82, 2.24) is 4.90 Å². The summed E-state index contributed by atoms with van der Waals surface area (Å²) in [6.45, 7) is 4.75. The second kappa shape index (κ2) is 7.55. The number of halogens is 1. The van der Waals surface area contributed by atoms with Gasteiger partial charge in [0, 0.05) is 11.9 Å². The van der Waals surface area contributed by atoms with E-state index >= 15 is 0 Å². The number of fused-ring (bicyclic) bond motifs is 1. The highest BCUT2D eigenvalue weighted by Crippen LogP contribution is 2.28. The molecule has 0 aliphatic heterocycles. The number of carbonyl (C=O) groups excluding carboxylic acids is 1. The number of benzene rings is 1. The highest BCUT2D eigenvalue weighted by molar-refractivity contribution is 5.94. The molecule has 2 N–H and O–H groups in total. The fourth-order valence-corrected chi connectivity index (χ4v) is 2.72. The fourth-order valence-electron chi connectivity index (χ4n) is 2.72. The summed E-state index contributed by atoms with van der Waals surface area (Å²) in [7, 11) is 0. The van der Waals surface area contributed by atoms with Crippen molar-refractivity contribution in [1.29, 1.82) is 0 Å². The lowest BCUT2D eigenvalue weighted by molar-refractivity contribution is 0.0684. The monoisotopic (exact) mass is 348 g/mol. The van der Waals surface area contributed by atoms with Gasteiger partial charge in [-0.25, -0.2) is 0 Å². The molecular formula is C18H21ClN2O3. The van der Waals surface area contributed by atoms with Crippen molar-refractivity contribution >= 4 is 29.3 Å². The van der Waals surface area contributed by atoms with E-state index in [0.29, 0.717) is 17.9 Å². The van der Waals surface area contributed by atoms with E-state index in [0.717, 1.165) is 16.7 Å². The lowest BCUT2D eigenvalue weighted by atomic mass is 10.1. The van der Waals surface area contributed by atoms with Gasteiger partial charge in [0.1, 0.15) is 23.4 Å². The van der Waals surface area contributed by atoms with Gasteiger partial charge in [0.2, 0.25) is 0 Å². The highest BCUT2D eigenvalue weighted by atomic mass is 35.5. The van der Waals surface area contributed by atoms with Gasteiger partial charge in [-0.15, -0.1) is 12.4 Å². The topological polar surface area (TPSA) is 72.6 Å². The van der Waals surface area contributed by atoms with Crippen molar-refractivity contribution in [3.05, 3.63) is 59.7 Å². The van der Waals surface area contributed by atoms with Gasteiger partial charge in [0.05, 0.1) is 18.2 Å². The first-order valence-electron chi connectivity index (χ1n) is 7.71. The molecule has 0 saturated heterocycles. The summed E-state index contributed by atoms with van der Waals surface area (Å²) < 4.78 is 11.2. The molecule has 1 atom stereocenters. The number of hydrogen-bond acceptors (Lipinski definition) is 4. The van der Waals surface area contributed by atoms with Gasteiger partial charge in [0.15, 0.2) is 0 Å². The molecule has 0 aliphatic rings. The summed E-state index contributed by atoms with van der Waals surface area (Å²) in [4.78, 5) is 14.5. The predicted molar refractivity (Wildman–Crippen MR) is 95.2 cm³/mol. The standard InChI is InChI=1S/C18H20N2O3.ClH/c1-3-20(18(21)14-8-15(10-19)22-11-14)12(2)17-9-13-6-4-5-7-16(13)23-17;/h4-9,11-12H,3,10,19H2,1-2H3;1H. The molecule has 0 saturated carbocycles. The lowest BCUT2D eigenvalue weighted by Gasteiger charge is -2.26. The van der Waals surface area contributed by atoms with E-state index in [-0.39, 0.29) is 30.9 Å². The number of para-hydroxylation sites is 1. The third kappa shape index (κ3) is 3.32. The molecule has 0 fully saturated rings. The third-order valence-electron chi connectivity index (χ3n) is 4.03. The summed E-state index contributed by atoms with van der Waals surface area (Å²) >= 11 is 0. The second-order valence-corrected chi connectivity index (χ2v) is 5.46. The zero-order chi connectivity index (χ0) is 16.4. The fraction of sp³-hybridized carbons (Fsp3) is 0.278. The Morgan fingerprint density at radius 2 is 2.04 bits per heavy atom. The van der Waals surface area contributed by atoms with E-state index in [4.69, 9.17) is 14.6 Å². The Morgan fingerprint density at radius 3 is 2.67 bits per heavy atom. The van der Waals surface area contributed by atoms with Crippen LogP contribution >= 0.6 is 12.4 Å². The molecule has 3 rings (SSSR count). The average Bonchev–Trinajstić information content (AvgIpc) is 3.21. The molecule has 0 spiro atoms. The van der Waals surface area contributed by atoms with E-state index in [1.54, 1.807) is 11.0 Å². The van der Waals surface area contributed by atoms with Crippen LogP contribution in [0.5, 0.6) is 0 Å². The number of furan rings is 2. The first-order chi connectivity index (χ1) is 11.1. The molecule has 2 heterocycles. The van der Waals surface area contributed by atoms with Gasteiger partial charge in [-0.1, -0.05) is 18.2 Å². The SMILES string of the molecule is CCN(C(=O)c1coc(CN)c1)C(C)c1cc2ccccc2o1.Cl. The largest absolute Gasteiger partial charge is 0.467 e. The summed E-state index contributed by atoms with van der Waals surface area (Å²) in [6.07, 6.45) is 1.46. The number of carbonyl (C=O) groups is 1. The van der Waals surface area contributed by atoms with Crippen LogP contribution in [0.3, 0.4) is 0 Å². The molecule has 24 heavy (non-hydrogen) atoms. The predicted octanol–water partition coefficient (Wildman–Crippen LogP) is 4.13. The first kappa shape index (κ1) is 18.1. The smallest absolute Gasteiger partial charge is 0.257 e. The van der Waals surface area contributed by atoms with Gasteiger partial charge in [-0.05, 0) is 32.0 Å². The zero-order valence-corrected chi connectivity index (χ0v) is 14.5. The maximum Gasteiger partial charge on any atom is 0.257 e. The summed E-state index contributed by atoms with van der Waals surface area (Å²) in [5.74, 6) is 1.27. The minimum atomic E-state index is -0.170. The number of nitrogens with zero attached hydrogens (tertiary/aromatic N) is 1. The summed E-state index contributed by atoms with van der Waals surface area (Å²) in [6, 6.07) is 11.3. The summed E-state index contributed by atoms with van der Waals surface area (Å²) in [5.41, 5.74) is 6.87. The van der Waals surface area contributed by atoms with E-state index in [9.17, 15) is 4.79 Å². The van der Waals surface area contributed by atoms with Crippen LogP contribution in [0.1, 0.15) is 41.8 Å². The van der Waals surface area contributed by atoms with E-state index in [2.05, 4.69) is 0 Å². The van der Waals surface area contributed by atoms with Gasteiger partial charge in [-0.2, -0.15) is 0 Å². The Morgan fingerprint density at radius 1 is 1.29 bits per heavy atom. The summed E-state index contributed by atoms with van der Waals surface area (Å²) in [5, 5.41) is 1.03. The van der Waals surface area contributed by atoms with Crippen LogP contribution in [0.2, 0.25) is 0 Å². The van der Waals surface area contributed by atoms with Crippen LogP contribution in [0, 0.1) is 0 Å². The molecule has 128 valence electrons. The van der Waals surface area contributed by atoms with Crippen molar-refractivity contribution in [2.24, 2.45) is 5.73 Å². The first-order valence-corrected chi connectivity index (χ1v) is 7.71. The molecule has 3 aromatic rings. The van der Waals surface area contributed by atoms with Crippen LogP contribution < -0.4 is 5.73 Å². The van der Waals surface area contributed by atoms with Crippen LogP contribution in [-0.4, -0.2) is 17.4 Å². The molecule has 2 aromatic heterocycles. The number of hydrogen-bond donors (Lipinski definition) is 1. The lowest BCUT2D eigenvalue weighted by Crippen LogP contribution is -2.33. The molecule has 1 amide bonds. The molecule has 5 nitrogen and oxygen atoms in total. The normalized spacial score (nSPS) is 12.0. The van der Waals surface area contributed by atoms with Gasteiger partial charge in [0.25, 0.3) is 5.91 Å². The second-order valence-electron chi connectivity index (χ2n) is 5.46. The average molecular weight is 349 g/mol. The van der Waals surface area contributed by atoms with Gasteiger partial charge in [-0.3, -0.25) is 4.79 Å². The molecule has 6 heteroatoms. The van der Waals surface area contributed by atoms with Crippen molar-refractivity contribution < 1.29 is 13.6 Å². The molecule has 0 aliphatic carbocycles. The van der Waals surface area contributed by atoms with Crippen LogP contribution in [-0.2, 0) is 6.54 Å². The van der Waals surface area contributed by atoms with Crippen molar-refractivity contribution in [3.63, 3.8) is 0 Å². The molecule has 0 radical (unpaired) electrons. The Labute approximate surface area is 146 Å². The van der Waals surface area contributed by atoms with Crippen LogP contribution in [0.15, 0.2) is 51.5 Å². The Balaban J connectivity index is 0.00000208. The van der Waals surface area contributed by atoms with Gasteiger partial charge < -0.3 is 19.5 Å². The minimum absolute atomic E-state index is 0. The number of rotatable bonds is 5. The van der Waals surface area contributed by atoms with E-state index < -0.39 is 0 Å². The number of amides is 1. The van der Waals surface area contributed by atoms with Crippen molar-refractivity contribution in [2.45, 2.75) is 26.4 Å². The Bertz CT molecular complexity index is 791. The van der Waals surface area contributed by atoms with Crippen LogP contribution in [0.25, 0.3) is 11.0 Å².